The van der Waals surface area contributed by atoms with E-state index in [1.165, 1.54) is 0 Å². The Morgan fingerprint density at radius 2 is 2.00 bits per heavy atom. The zero-order valence-electron chi connectivity index (χ0n) is 16.0. The Balaban J connectivity index is 1.57. The van der Waals surface area contributed by atoms with Crippen LogP contribution in [0.2, 0.25) is 0 Å². The molecule has 2 N–H and O–H groups in total. The minimum atomic E-state index is -0.173. The molecule has 2 aromatic heterocycles. The molecule has 7 heteroatoms. The Hall–Kier alpha value is -2.93. The molecular weight excluding hydrogens is 352 g/mol. The van der Waals surface area contributed by atoms with Gasteiger partial charge in [0.05, 0.1) is 23.0 Å². The molecule has 0 radical (unpaired) electrons. The third-order valence-electron chi connectivity index (χ3n) is 5.67. The number of benzene rings is 1. The van der Waals surface area contributed by atoms with Crippen LogP contribution in [-0.2, 0) is 11.4 Å². The molecule has 3 aromatic rings. The van der Waals surface area contributed by atoms with Gasteiger partial charge >= 0.3 is 0 Å². The van der Waals surface area contributed by atoms with Crippen molar-refractivity contribution in [3.8, 4) is 0 Å². The van der Waals surface area contributed by atoms with Crippen LogP contribution in [0.25, 0.3) is 11.0 Å². The van der Waals surface area contributed by atoms with Crippen molar-refractivity contribution in [1.29, 1.82) is 0 Å². The van der Waals surface area contributed by atoms with Gasteiger partial charge in [0.2, 0.25) is 0 Å². The molecule has 0 unspecified atom stereocenters. The molecule has 0 atom stereocenters. The van der Waals surface area contributed by atoms with E-state index in [9.17, 15) is 0 Å². The summed E-state index contributed by atoms with van der Waals surface area (Å²) in [5, 5.41) is 17.0. The fourth-order valence-corrected chi connectivity index (χ4v) is 4.09. The van der Waals surface area contributed by atoms with Crippen molar-refractivity contribution in [3.63, 3.8) is 0 Å². The molecule has 28 heavy (non-hydrogen) atoms. The standard InChI is InChI=1S/C21H24N6O/c1-2-27-20-17(14-24-27)19(25-15-6-4-3-5-7-15)16(13-23-20)18-12-21(28-26-18)8-10-22-11-9-21/h3-7,13-14,22H,2,8-12H2,1H3,(H,23,25). The Bertz CT molecular complexity index is 1020. The van der Waals surface area contributed by atoms with Gasteiger partial charge in [0, 0.05) is 43.3 Å². The Morgan fingerprint density at radius 1 is 1.18 bits per heavy atom. The lowest BCUT2D eigenvalue weighted by molar-refractivity contribution is -0.0400. The Labute approximate surface area is 163 Å². The Kier molecular flexibility index (Phi) is 4.24. The highest BCUT2D eigenvalue weighted by atomic mass is 16.7. The molecule has 7 nitrogen and oxygen atoms in total. The number of pyridine rings is 1. The zero-order valence-corrected chi connectivity index (χ0v) is 16.0. The van der Waals surface area contributed by atoms with Gasteiger partial charge in [0.15, 0.2) is 5.65 Å². The monoisotopic (exact) mass is 376 g/mol. The van der Waals surface area contributed by atoms with Crippen LogP contribution >= 0.6 is 0 Å². The SMILES string of the molecule is CCn1ncc2c(Nc3ccccc3)c(C3=NOC4(CCNCC4)C3)cnc21. The Morgan fingerprint density at radius 3 is 2.79 bits per heavy atom. The third-order valence-corrected chi connectivity index (χ3v) is 5.67. The first-order chi connectivity index (χ1) is 13.8. The highest BCUT2D eigenvalue weighted by Gasteiger charge is 2.41. The highest BCUT2D eigenvalue weighted by Crippen LogP contribution is 2.38. The topological polar surface area (TPSA) is 76.4 Å². The summed E-state index contributed by atoms with van der Waals surface area (Å²) < 4.78 is 1.91. The van der Waals surface area contributed by atoms with Gasteiger partial charge in [-0.1, -0.05) is 23.4 Å². The minimum absolute atomic E-state index is 0.173. The number of oxime groups is 1. The van der Waals surface area contributed by atoms with Crippen molar-refractivity contribution in [2.75, 3.05) is 18.4 Å². The van der Waals surface area contributed by atoms with Gasteiger partial charge in [-0.25, -0.2) is 9.67 Å². The quantitative estimate of drug-likeness (QED) is 0.729. The van der Waals surface area contributed by atoms with Crippen LogP contribution in [0, 0.1) is 0 Å². The number of para-hydroxylation sites is 1. The van der Waals surface area contributed by atoms with Crippen molar-refractivity contribution >= 4 is 28.1 Å². The van der Waals surface area contributed by atoms with Crippen LogP contribution in [-0.4, -0.2) is 39.2 Å². The maximum Gasteiger partial charge on any atom is 0.159 e. The lowest BCUT2D eigenvalue weighted by Crippen LogP contribution is -2.42. The largest absolute Gasteiger partial charge is 0.388 e. The van der Waals surface area contributed by atoms with Gasteiger partial charge in [-0.05, 0) is 32.1 Å². The molecule has 144 valence electrons. The van der Waals surface area contributed by atoms with E-state index in [1.54, 1.807) is 0 Å². The van der Waals surface area contributed by atoms with Crippen LogP contribution in [0.4, 0.5) is 11.4 Å². The lowest BCUT2D eigenvalue weighted by Gasteiger charge is -2.31. The number of aromatic nitrogens is 3. The van der Waals surface area contributed by atoms with Crippen molar-refractivity contribution in [1.82, 2.24) is 20.1 Å². The fourth-order valence-electron chi connectivity index (χ4n) is 4.09. The summed E-state index contributed by atoms with van der Waals surface area (Å²) in [7, 11) is 0. The molecule has 1 saturated heterocycles. The van der Waals surface area contributed by atoms with Crippen LogP contribution in [0.1, 0.15) is 31.7 Å². The second-order valence-corrected chi connectivity index (χ2v) is 7.47. The summed E-state index contributed by atoms with van der Waals surface area (Å²) in [5.41, 5.74) is 4.66. The second-order valence-electron chi connectivity index (χ2n) is 7.47. The summed E-state index contributed by atoms with van der Waals surface area (Å²) in [6, 6.07) is 10.2. The van der Waals surface area contributed by atoms with E-state index in [2.05, 4.69) is 39.9 Å². The predicted molar refractivity (Wildman–Crippen MR) is 110 cm³/mol. The third kappa shape index (κ3) is 2.92. The molecule has 0 bridgehead atoms. The molecule has 0 aliphatic carbocycles. The van der Waals surface area contributed by atoms with Gasteiger partial charge in [0.1, 0.15) is 5.60 Å². The van der Waals surface area contributed by atoms with Crippen molar-refractivity contribution in [2.24, 2.45) is 5.16 Å². The average Bonchev–Trinajstić information content (AvgIpc) is 3.34. The minimum Gasteiger partial charge on any atom is -0.388 e. The first kappa shape index (κ1) is 17.2. The normalized spacial score (nSPS) is 18.2. The number of hydrogen-bond donors (Lipinski definition) is 2. The number of nitrogens with zero attached hydrogens (tertiary/aromatic N) is 4. The number of fused-ring (bicyclic) bond motifs is 1. The molecule has 1 spiro atoms. The number of anilines is 2. The molecule has 2 aliphatic rings. The zero-order chi connectivity index (χ0) is 19.0. The first-order valence-corrected chi connectivity index (χ1v) is 9.91. The van der Waals surface area contributed by atoms with Crippen LogP contribution in [0.5, 0.6) is 0 Å². The van der Waals surface area contributed by atoms with Crippen LogP contribution < -0.4 is 10.6 Å². The van der Waals surface area contributed by atoms with Gasteiger partial charge < -0.3 is 15.5 Å². The number of nitrogens with one attached hydrogen (secondary N) is 2. The molecule has 1 fully saturated rings. The number of aryl methyl sites for hydroxylation is 1. The van der Waals surface area contributed by atoms with Gasteiger partial charge in [-0.2, -0.15) is 5.10 Å². The summed E-state index contributed by atoms with van der Waals surface area (Å²) in [6.07, 6.45) is 6.56. The molecule has 5 rings (SSSR count). The smallest absolute Gasteiger partial charge is 0.159 e. The van der Waals surface area contributed by atoms with Gasteiger partial charge in [-0.15, -0.1) is 0 Å². The van der Waals surface area contributed by atoms with Crippen molar-refractivity contribution < 1.29 is 4.84 Å². The molecule has 2 aliphatic heterocycles. The van der Waals surface area contributed by atoms with E-state index >= 15 is 0 Å². The van der Waals surface area contributed by atoms with Crippen molar-refractivity contribution in [3.05, 3.63) is 48.3 Å². The fraction of sp³-hybridized carbons (Fsp3) is 0.381. The second kappa shape index (κ2) is 6.91. The molecule has 4 heterocycles. The lowest BCUT2D eigenvalue weighted by atomic mass is 9.86. The predicted octanol–water partition coefficient (Wildman–Crippen LogP) is 3.44. The molecule has 1 aromatic carbocycles. The van der Waals surface area contributed by atoms with E-state index in [-0.39, 0.29) is 5.60 Å². The van der Waals surface area contributed by atoms with E-state index in [0.29, 0.717) is 0 Å². The van der Waals surface area contributed by atoms with Gasteiger partial charge in [-0.3, -0.25) is 0 Å². The van der Waals surface area contributed by atoms with Crippen molar-refractivity contribution in [2.45, 2.75) is 38.3 Å². The maximum absolute atomic E-state index is 5.96. The first-order valence-electron chi connectivity index (χ1n) is 9.91. The summed E-state index contributed by atoms with van der Waals surface area (Å²) in [6.45, 7) is 4.79. The highest BCUT2D eigenvalue weighted by molar-refractivity contribution is 6.11. The number of hydrogen-bond acceptors (Lipinski definition) is 6. The van der Waals surface area contributed by atoms with Crippen LogP contribution in [0.15, 0.2) is 47.9 Å². The van der Waals surface area contributed by atoms with Crippen LogP contribution in [0.3, 0.4) is 0 Å². The van der Waals surface area contributed by atoms with E-state index < -0.39 is 0 Å². The van der Waals surface area contributed by atoms with E-state index in [4.69, 9.17) is 9.82 Å². The van der Waals surface area contributed by atoms with E-state index in [0.717, 1.165) is 72.6 Å². The molecule has 0 amide bonds. The molecular formula is C21H24N6O. The maximum atomic E-state index is 5.96. The summed E-state index contributed by atoms with van der Waals surface area (Å²) in [5.74, 6) is 0. The summed E-state index contributed by atoms with van der Waals surface area (Å²) >= 11 is 0. The average molecular weight is 376 g/mol. The van der Waals surface area contributed by atoms with Gasteiger partial charge in [0.25, 0.3) is 0 Å². The molecule has 0 saturated carbocycles. The number of piperidine rings is 1. The van der Waals surface area contributed by atoms with E-state index in [1.807, 2.05) is 35.3 Å². The number of rotatable bonds is 4. The summed E-state index contributed by atoms with van der Waals surface area (Å²) in [4.78, 5) is 10.7.